The Hall–Kier alpha value is -2.34. The second-order valence-corrected chi connectivity index (χ2v) is 3.72. The maximum absolute atomic E-state index is 8.83. The second-order valence-electron chi connectivity index (χ2n) is 3.72. The summed E-state index contributed by atoms with van der Waals surface area (Å²) in [6, 6.07) is 13.4. The van der Waals surface area contributed by atoms with Gasteiger partial charge in [0.2, 0.25) is 5.88 Å². The monoisotopic (exact) mass is 224 g/mol. The fourth-order valence-corrected chi connectivity index (χ4v) is 1.53. The van der Waals surface area contributed by atoms with Crippen LogP contribution in [0.5, 0.6) is 5.88 Å². The van der Waals surface area contributed by atoms with Gasteiger partial charge >= 0.3 is 0 Å². The Bertz CT molecular complexity index is 544. The number of nitriles is 1. The van der Waals surface area contributed by atoms with Crippen LogP contribution < -0.4 is 4.74 Å². The summed E-state index contributed by atoms with van der Waals surface area (Å²) in [7, 11) is 0. The Morgan fingerprint density at radius 2 is 2.18 bits per heavy atom. The first-order chi connectivity index (χ1) is 8.29. The molecule has 84 valence electrons. The minimum absolute atomic E-state index is 0.462. The van der Waals surface area contributed by atoms with Crippen LogP contribution in [0.3, 0.4) is 0 Å². The standard InChI is InChI=1S/C14H12N2O/c1-11-8-12(5-6-13(11)9-15)10-17-14-4-2-3-7-16-14/h2-8H,10H2,1H3. The molecule has 0 aliphatic heterocycles. The van der Waals surface area contributed by atoms with Crippen molar-refractivity contribution >= 4 is 0 Å². The number of ether oxygens (including phenoxy) is 1. The van der Waals surface area contributed by atoms with Crippen LogP contribution >= 0.6 is 0 Å². The van der Waals surface area contributed by atoms with Crippen molar-refractivity contribution in [1.82, 2.24) is 4.98 Å². The average Bonchev–Trinajstić information content (AvgIpc) is 2.38. The lowest BCUT2D eigenvalue weighted by Crippen LogP contribution is -1.97. The Morgan fingerprint density at radius 3 is 2.82 bits per heavy atom. The summed E-state index contributed by atoms with van der Waals surface area (Å²) in [5, 5.41) is 8.83. The first kappa shape index (κ1) is 11.2. The number of aryl methyl sites for hydroxylation is 1. The van der Waals surface area contributed by atoms with Crippen LogP contribution in [0.25, 0.3) is 0 Å². The van der Waals surface area contributed by atoms with Crippen LogP contribution in [-0.4, -0.2) is 4.98 Å². The number of benzene rings is 1. The Labute approximate surface area is 100 Å². The molecule has 3 heteroatoms. The van der Waals surface area contributed by atoms with Crippen molar-refractivity contribution in [1.29, 1.82) is 5.26 Å². The summed E-state index contributed by atoms with van der Waals surface area (Å²) in [5.74, 6) is 0.606. The van der Waals surface area contributed by atoms with Crippen LogP contribution in [0, 0.1) is 18.3 Å². The van der Waals surface area contributed by atoms with Gasteiger partial charge in [0.05, 0.1) is 11.6 Å². The van der Waals surface area contributed by atoms with E-state index in [1.807, 2.05) is 43.3 Å². The lowest BCUT2D eigenvalue weighted by molar-refractivity contribution is 0.294. The van der Waals surface area contributed by atoms with Gasteiger partial charge in [0, 0.05) is 12.3 Å². The normalized spacial score (nSPS) is 9.65. The lowest BCUT2D eigenvalue weighted by Gasteiger charge is -2.06. The molecule has 0 radical (unpaired) electrons. The highest BCUT2D eigenvalue weighted by atomic mass is 16.5. The summed E-state index contributed by atoms with van der Waals surface area (Å²) >= 11 is 0. The molecule has 0 N–H and O–H groups in total. The zero-order valence-corrected chi connectivity index (χ0v) is 9.55. The molecule has 0 spiro atoms. The van der Waals surface area contributed by atoms with E-state index in [2.05, 4.69) is 11.1 Å². The average molecular weight is 224 g/mol. The van der Waals surface area contributed by atoms with Crippen molar-refractivity contribution < 1.29 is 4.74 Å². The molecule has 3 nitrogen and oxygen atoms in total. The largest absolute Gasteiger partial charge is 0.473 e. The molecule has 1 aromatic heterocycles. The number of hydrogen-bond acceptors (Lipinski definition) is 3. The maximum Gasteiger partial charge on any atom is 0.213 e. The fourth-order valence-electron chi connectivity index (χ4n) is 1.53. The Morgan fingerprint density at radius 1 is 1.29 bits per heavy atom. The van der Waals surface area contributed by atoms with Crippen molar-refractivity contribution in [2.75, 3.05) is 0 Å². The topological polar surface area (TPSA) is 45.9 Å². The highest BCUT2D eigenvalue weighted by molar-refractivity contribution is 5.39. The van der Waals surface area contributed by atoms with E-state index in [-0.39, 0.29) is 0 Å². The Kier molecular flexibility index (Phi) is 3.37. The molecule has 1 heterocycles. The van der Waals surface area contributed by atoms with Gasteiger partial charge in [-0.05, 0) is 30.2 Å². The summed E-state index contributed by atoms with van der Waals surface area (Å²) < 4.78 is 5.53. The zero-order valence-electron chi connectivity index (χ0n) is 9.55. The molecule has 0 fully saturated rings. The first-order valence-electron chi connectivity index (χ1n) is 5.33. The third kappa shape index (κ3) is 2.82. The predicted octanol–water partition coefficient (Wildman–Crippen LogP) is 2.84. The molecule has 2 aromatic rings. The number of pyridine rings is 1. The van der Waals surface area contributed by atoms with Gasteiger partial charge in [-0.3, -0.25) is 0 Å². The number of rotatable bonds is 3. The molecule has 1 aromatic carbocycles. The molecular weight excluding hydrogens is 212 g/mol. The van der Waals surface area contributed by atoms with Gasteiger partial charge in [-0.15, -0.1) is 0 Å². The maximum atomic E-state index is 8.83. The van der Waals surface area contributed by atoms with E-state index in [1.165, 1.54) is 0 Å². The van der Waals surface area contributed by atoms with Gasteiger partial charge in [0.1, 0.15) is 6.61 Å². The summed E-state index contributed by atoms with van der Waals surface area (Å²) in [6.45, 7) is 2.38. The van der Waals surface area contributed by atoms with Crippen LogP contribution in [0.2, 0.25) is 0 Å². The van der Waals surface area contributed by atoms with E-state index >= 15 is 0 Å². The predicted molar refractivity (Wildman–Crippen MR) is 64.5 cm³/mol. The van der Waals surface area contributed by atoms with Crippen LogP contribution in [0.15, 0.2) is 42.6 Å². The van der Waals surface area contributed by atoms with Gasteiger partial charge in [0.25, 0.3) is 0 Å². The minimum Gasteiger partial charge on any atom is -0.473 e. The first-order valence-corrected chi connectivity index (χ1v) is 5.33. The number of hydrogen-bond donors (Lipinski definition) is 0. The van der Waals surface area contributed by atoms with E-state index in [0.717, 1.165) is 11.1 Å². The Balaban J connectivity index is 2.06. The van der Waals surface area contributed by atoms with Crippen molar-refractivity contribution in [2.45, 2.75) is 13.5 Å². The SMILES string of the molecule is Cc1cc(COc2ccccn2)ccc1C#N. The van der Waals surface area contributed by atoms with Crippen LogP contribution in [0.1, 0.15) is 16.7 Å². The van der Waals surface area contributed by atoms with Gasteiger partial charge in [-0.25, -0.2) is 4.98 Å². The van der Waals surface area contributed by atoms with E-state index in [0.29, 0.717) is 18.1 Å². The smallest absolute Gasteiger partial charge is 0.213 e. The van der Waals surface area contributed by atoms with Crippen molar-refractivity contribution in [2.24, 2.45) is 0 Å². The van der Waals surface area contributed by atoms with Gasteiger partial charge < -0.3 is 4.74 Å². The highest BCUT2D eigenvalue weighted by Gasteiger charge is 2.00. The summed E-state index contributed by atoms with van der Waals surface area (Å²) in [5.41, 5.74) is 2.70. The molecule has 17 heavy (non-hydrogen) atoms. The fraction of sp³-hybridized carbons (Fsp3) is 0.143. The molecule has 2 rings (SSSR count). The minimum atomic E-state index is 0.462. The molecule has 0 unspecified atom stereocenters. The van der Waals surface area contributed by atoms with Gasteiger partial charge in [0.15, 0.2) is 0 Å². The van der Waals surface area contributed by atoms with Gasteiger partial charge in [-0.2, -0.15) is 5.26 Å². The van der Waals surface area contributed by atoms with E-state index in [4.69, 9.17) is 10.00 Å². The van der Waals surface area contributed by atoms with E-state index < -0.39 is 0 Å². The molecule has 0 aliphatic rings. The van der Waals surface area contributed by atoms with Crippen LogP contribution in [0.4, 0.5) is 0 Å². The molecule has 0 atom stereocenters. The zero-order chi connectivity index (χ0) is 12.1. The number of nitrogens with zero attached hydrogens (tertiary/aromatic N) is 2. The third-order valence-corrected chi connectivity index (χ3v) is 2.44. The third-order valence-electron chi connectivity index (χ3n) is 2.44. The van der Waals surface area contributed by atoms with E-state index in [1.54, 1.807) is 6.20 Å². The second kappa shape index (κ2) is 5.13. The van der Waals surface area contributed by atoms with E-state index in [9.17, 15) is 0 Å². The van der Waals surface area contributed by atoms with Crippen LogP contribution in [-0.2, 0) is 6.61 Å². The lowest BCUT2D eigenvalue weighted by atomic mass is 10.1. The molecule has 0 bridgehead atoms. The van der Waals surface area contributed by atoms with Crippen molar-refractivity contribution in [3.05, 3.63) is 59.3 Å². The summed E-state index contributed by atoms with van der Waals surface area (Å²) in [6.07, 6.45) is 1.69. The number of aromatic nitrogens is 1. The summed E-state index contributed by atoms with van der Waals surface area (Å²) in [4.78, 5) is 4.08. The highest BCUT2D eigenvalue weighted by Crippen LogP contribution is 2.12. The molecule has 0 saturated carbocycles. The van der Waals surface area contributed by atoms with Crippen molar-refractivity contribution in [3.8, 4) is 11.9 Å². The molecule has 0 aliphatic carbocycles. The molecular formula is C14H12N2O. The quantitative estimate of drug-likeness (QED) is 0.805. The van der Waals surface area contributed by atoms with Gasteiger partial charge in [-0.1, -0.05) is 18.2 Å². The van der Waals surface area contributed by atoms with Crippen molar-refractivity contribution in [3.63, 3.8) is 0 Å². The molecule has 0 saturated heterocycles. The molecule has 0 amide bonds.